The maximum Gasteiger partial charge on any atom is 0.336 e. The molecule has 0 amide bonds. The van der Waals surface area contributed by atoms with Gasteiger partial charge in [0.2, 0.25) is 0 Å². The monoisotopic (exact) mass is 275 g/mol. The maximum absolute atomic E-state index is 11.3. The molecule has 2 heterocycles. The molecule has 0 saturated heterocycles. The van der Waals surface area contributed by atoms with Crippen LogP contribution in [0.3, 0.4) is 0 Å². The Bertz CT molecular complexity index is 574. The molecule has 2 rings (SSSR count). The summed E-state index contributed by atoms with van der Waals surface area (Å²) in [4.78, 5) is 16.7. The summed E-state index contributed by atoms with van der Waals surface area (Å²) in [5.74, 6) is -0.892. The van der Waals surface area contributed by atoms with Gasteiger partial charge in [-0.1, -0.05) is 44.7 Å². The Morgan fingerprint density at radius 1 is 1.47 bits per heavy atom. The summed E-state index contributed by atoms with van der Waals surface area (Å²) < 4.78 is 0. The molecule has 100 valence electrons. The van der Waals surface area contributed by atoms with Crippen molar-refractivity contribution in [1.29, 1.82) is 0 Å². The molecule has 0 aromatic carbocycles. The molecule has 0 unspecified atom stereocenters. The van der Waals surface area contributed by atoms with Crippen LogP contribution in [0, 0.1) is 5.41 Å². The number of rotatable bonds is 3. The van der Waals surface area contributed by atoms with E-state index in [1.54, 1.807) is 24.0 Å². The standard InChI is InChI=1S/C15H17NO2S/c1-4-10-9-16-12(7-11(10)14(17)18)13-8-15(2,3)5-6-19-13/h5-9H,4H2,1-3H3,(H,17,18). The molecule has 0 radical (unpaired) electrons. The minimum atomic E-state index is -0.892. The topological polar surface area (TPSA) is 50.2 Å². The number of aromatic nitrogens is 1. The number of aromatic carboxylic acids is 1. The maximum atomic E-state index is 11.3. The van der Waals surface area contributed by atoms with E-state index in [1.165, 1.54) is 0 Å². The van der Waals surface area contributed by atoms with Crippen LogP contribution in [0.2, 0.25) is 0 Å². The van der Waals surface area contributed by atoms with Crippen LogP contribution < -0.4 is 0 Å². The van der Waals surface area contributed by atoms with E-state index in [0.717, 1.165) is 16.2 Å². The number of hydrogen-bond donors (Lipinski definition) is 1. The van der Waals surface area contributed by atoms with E-state index < -0.39 is 5.97 Å². The summed E-state index contributed by atoms with van der Waals surface area (Å²) in [6, 6.07) is 1.68. The number of allylic oxidation sites excluding steroid dienone is 2. The van der Waals surface area contributed by atoms with Gasteiger partial charge in [-0.3, -0.25) is 4.98 Å². The van der Waals surface area contributed by atoms with Gasteiger partial charge in [0.25, 0.3) is 0 Å². The van der Waals surface area contributed by atoms with Crippen LogP contribution in [0.15, 0.2) is 29.8 Å². The average molecular weight is 275 g/mol. The molecule has 1 N–H and O–H groups in total. The third kappa shape index (κ3) is 3.07. The van der Waals surface area contributed by atoms with Gasteiger partial charge in [0.05, 0.1) is 11.3 Å². The van der Waals surface area contributed by atoms with Crippen LogP contribution in [0.5, 0.6) is 0 Å². The van der Waals surface area contributed by atoms with Crippen molar-refractivity contribution in [2.75, 3.05) is 0 Å². The molecular weight excluding hydrogens is 258 g/mol. The van der Waals surface area contributed by atoms with Gasteiger partial charge >= 0.3 is 5.97 Å². The Labute approximate surface area is 117 Å². The van der Waals surface area contributed by atoms with Crippen LogP contribution in [0.25, 0.3) is 4.91 Å². The Kier molecular flexibility index (Phi) is 3.80. The van der Waals surface area contributed by atoms with Gasteiger partial charge in [-0.2, -0.15) is 0 Å². The molecule has 0 spiro atoms. The predicted octanol–water partition coefficient (Wildman–Crippen LogP) is 3.97. The summed E-state index contributed by atoms with van der Waals surface area (Å²) >= 11 is 1.58. The van der Waals surface area contributed by atoms with E-state index in [9.17, 15) is 9.90 Å². The zero-order valence-corrected chi connectivity index (χ0v) is 12.1. The second kappa shape index (κ2) is 5.21. The lowest BCUT2D eigenvalue weighted by Crippen LogP contribution is -2.08. The minimum Gasteiger partial charge on any atom is -0.478 e. The largest absolute Gasteiger partial charge is 0.478 e. The van der Waals surface area contributed by atoms with E-state index in [-0.39, 0.29) is 5.41 Å². The third-order valence-corrected chi connectivity index (χ3v) is 3.90. The molecule has 4 heteroatoms. The fourth-order valence-electron chi connectivity index (χ4n) is 1.94. The third-order valence-electron chi connectivity index (χ3n) is 3.05. The van der Waals surface area contributed by atoms with Crippen molar-refractivity contribution in [1.82, 2.24) is 4.98 Å². The number of nitrogens with zero attached hydrogens (tertiary/aromatic N) is 1. The van der Waals surface area contributed by atoms with E-state index in [4.69, 9.17) is 0 Å². The van der Waals surface area contributed by atoms with E-state index in [1.807, 2.05) is 12.3 Å². The van der Waals surface area contributed by atoms with Crippen molar-refractivity contribution in [3.63, 3.8) is 0 Å². The van der Waals surface area contributed by atoms with Crippen molar-refractivity contribution in [3.05, 3.63) is 46.6 Å². The molecule has 0 aliphatic carbocycles. The highest BCUT2D eigenvalue weighted by atomic mass is 32.2. The van der Waals surface area contributed by atoms with Gasteiger partial charge in [-0.05, 0) is 23.5 Å². The fraction of sp³-hybridized carbons (Fsp3) is 0.333. The van der Waals surface area contributed by atoms with Gasteiger partial charge < -0.3 is 5.11 Å². The smallest absolute Gasteiger partial charge is 0.336 e. The molecule has 0 bridgehead atoms. The van der Waals surface area contributed by atoms with Crippen molar-refractivity contribution in [3.8, 4) is 0 Å². The molecule has 1 aromatic heterocycles. The van der Waals surface area contributed by atoms with Crippen molar-refractivity contribution < 1.29 is 9.90 Å². The van der Waals surface area contributed by atoms with E-state index in [0.29, 0.717) is 12.0 Å². The second-order valence-corrected chi connectivity index (χ2v) is 6.08. The zero-order valence-electron chi connectivity index (χ0n) is 11.3. The normalized spacial score (nSPS) is 17.1. The first-order chi connectivity index (χ1) is 8.93. The van der Waals surface area contributed by atoms with Crippen LogP contribution in [0.1, 0.15) is 42.4 Å². The van der Waals surface area contributed by atoms with Crippen molar-refractivity contribution >= 4 is 22.6 Å². The first-order valence-corrected chi connectivity index (χ1v) is 7.11. The number of carbonyl (C=O) groups is 1. The van der Waals surface area contributed by atoms with Gasteiger partial charge in [0.15, 0.2) is 0 Å². The predicted molar refractivity (Wildman–Crippen MR) is 79.1 cm³/mol. The first-order valence-electron chi connectivity index (χ1n) is 6.23. The first kappa shape index (κ1) is 13.9. The Morgan fingerprint density at radius 3 is 2.79 bits per heavy atom. The summed E-state index contributed by atoms with van der Waals surface area (Å²) in [5, 5.41) is 11.3. The highest BCUT2D eigenvalue weighted by Crippen LogP contribution is 2.38. The fourth-order valence-corrected chi connectivity index (χ4v) is 3.11. The van der Waals surface area contributed by atoms with Crippen LogP contribution in [-0.4, -0.2) is 16.1 Å². The van der Waals surface area contributed by atoms with Gasteiger partial charge in [0, 0.05) is 16.5 Å². The lowest BCUT2D eigenvalue weighted by molar-refractivity contribution is 0.0695. The molecule has 1 aliphatic rings. The number of pyridine rings is 1. The summed E-state index contributed by atoms with van der Waals surface area (Å²) in [7, 11) is 0. The Hall–Kier alpha value is -1.55. The lowest BCUT2D eigenvalue weighted by Gasteiger charge is -2.21. The summed E-state index contributed by atoms with van der Waals surface area (Å²) in [6.07, 6.45) is 6.59. The molecule has 1 aromatic rings. The lowest BCUT2D eigenvalue weighted by atomic mass is 9.92. The van der Waals surface area contributed by atoms with Crippen LogP contribution >= 0.6 is 11.8 Å². The minimum absolute atomic E-state index is 0.0188. The molecule has 0 fully saturated rings. The van der Waals surface area contributed by atoms with Crippen molar-refractivity contribution in [2.45, 2.75) is 27.2 Å². The van der Waals surface area contributed by atoms with Crippen LogP contribution in [0.4, 0.5) is 0 Å². The average Bonchev–Trinajstić information content (AvgIpc) is 2.36. The van der Waals surface area contributed by atoms with Gasteiger partial charge in [-0.25, -0.2) is 4.79 Å². The Morgan fingerprint density at radius 2 is 2.21 bits per heavy atom. The molecule has 0 atom stereocenters. The number of aryl methyl sites for hydroxylation is 1. The summed E-state index contributed by atoms with van der Waals surface area (Å²) in [6.45, 7) is 6.16. The van der Waals surface area contributed by atoms with Crippen LogP contribution in [-0.2, 0) is 6.42 Å². The van der Waals surface area contributed by atoms with E-state index >= 15 is 0 Å². The zero-order chi connectivity index (χ0) is 14.0. The molecule has 19 heavy (non-hydrogen) atoms. The molecular formula is C15H17NO2S. The molecule has 1 aliphatic heterocycles. The van der Waals surface area contributed by atoms with E-state index in [2.05, 4.69) is 31.0 Å². The van der Waals surface area contributed by atoms with Gasteiger partial charge in [0.1, 0.15) is 0 Å². The highest BCUT2D eigenvalue weighted by molar-refractivity contribution is 8.11. The number of carboxylic acids is 1. The Balaban J connectivity index is 2.45. The number of thioether (sulfide) groups is 1. The second-order valence-electron chi connectivity index (χ2n) is 5.14. The SMILES string of the molecule is CCc1cnc(C2=CC(C)(C)C=CS2)cc1C(=O)O. The molecule has 3 nitrogen and oxygen atoms in total. The number of hydrogen-bond acceptors (Lipinski definition) is 3. The van der Waals surface area contributed by atoms with Crippen molar-refractivity contribution in [2.24, 2.45) is 5.41 Å². The number of carboxylic acid groups (broad SMARTS) is 1. The quantitative estimate of drug-likeness (QED) is 0.906. The highest BCUT2D eigenvalue weighted by Gasteiger charge is 2.19. The molecule has 0 saturated carbocycles. The van der Waals surface area contributed by atoms with Gasteiger partial charge in [-0.15, -0.1) is 0 Å². The summed E-state index contributed by atoms with van der Waals surface area (Å²) in [5.41, 5.74) is 1.83.